The summed E-state index contributed by atoms with van der Waals surface area (Å²) in [6, 6.07) is 15.0. The first kappa shape index (κ1) is 21.7. The number of rotatable bonds is 8. The highest BCUT2D eigenvalue weighted by Gasteiger charge is 2.39. The molecule has 0 aromatic heterocycles. The van der Waals surface area contributed by atoms with E-state index < -0.39 is 0 Å². The summed E-state index contributed by atoms with van der Waals surface area (Å²) in [5, 5.41) is 2.53. The first-order chi connectivity index (χ1) is 15.5. The number of carbonyl (C=O) groups is 3. The Balaban J connectivity index is 1.32. The van der Waals surface area contributed by atoms with Crippen LogP contribution < -0.4 is 14.8 Å². The van der Waals surface area contributed by atoms with Gasteiger partial charge in [-0.2, -0.15) is 0 Å². The number of amides is 4. The Morgan fingerprint density at radius 1 is 1.09 bits per heavy atom. The summed E-state index contributed by atoms with van der Waals surface area (Å²) >= 11 is 0. The number of aryl methyl sites for hydroxylation is 1. The average molecular weight is 437 g/mol. The summed E-state index contributed by atoms with van der Waals surface area (Å²) in [5.41, 5.74) is 2.04. The molecule has 1 atom stereocenters. The number of urea groups is 1. The van der Waals surface area contributed by atoms with Gasteiger partial charge in [-0.05, 0) is 36.1 Å². The van der Waals surface area contributed by atoms with Crippen molar-refractivity contribution in [2.24, 2.45) is 0 Å². The van der Waals surface area contributed by atoms with Crippen molar-refractivity contribution in [3.63, 3.8) is 0 Å². The van der Waals surface area contributed by atoms with Gasteiger partial charge in [-0.3, -0.25) is 14.5 Å². The van der Waals surface area contributed by atoms with Crippen LogP contribution in [-0.2, 0) is 22.6 Å². The van der Waals surface area contributed by atoms with Crippen molar-refractivity contribution in [2.45, 2.75) is 31.9 Å². The molecule has 2 aromatic rings. The molecule has 8 nitrogen and oxygen atoms in total. The minimum atomic E-state index is -0.365. The Morgan fingerprint density at radius 3 is 2.62 bits per heavy atom. The van der Waals surface area contributed by atoms with Gasteiger partial charge in [-0.1, -0.05) is 36.4 Å². The molecule has 1 N–H and O–H groups in total. The third kappa shape index (κ3) is 4.85. The van der Waals surface area contributed by atoms with Gasteiger partial charge in [0.25, 0.3) is 0 Å². The molecule has 8 heteroatoms. The number of hydrogen-bond acceptors (Lipinski definition) is 5. The molecule has 32 heavy (non-hydrogen) atoms. The first-order valence-corrected chi connectivity index (χ1v) is 10.8. The van der Waals surface area contributed by atoms with E-state index in [9.17, 15) is 14.4 Å². The molecule has 0 saturated carbocycles. The van der Waals surface area contributed by atoms with Crippen molar-refractivity contribution in [3.05, 3.63) is 59.7 Å². The Hall–Kier alpha value is -3.55. The molecular formula is C24H27N3O5. The van der Waals surface area contributed by atoms with Gasteiger partial charge in [0.05, 0.1) is 19.7 Å². The maximum absolute atomic E-state index is 12.7. The minimum Gasteiger partial charge on any atom is -0.493 e. The predicted molar refractivity (Wildman–Crippen MR) is 117 cm³/mol. The zero-order chi connectivity index (χ0) is 22.5. The number of carbonyl (C=O) groups excluding carboxylic acids is 3. The van der Waals surface area contributed by atoms with Crippen molar-refractivity contribution in [2.75, 3.05) is 26.7 Å². The van der Waals surface area contributed by atoms with Crippen molar-refractivity contribution in [3.8, 4) is 11.5 Å². The third-order valence-corrected chi connectivity index (χ3v) is 5.85. The Bertz CT molecular complexity index is 978. The van der Waals surface area contributed by atoms with E-state index in [1.807, 2.05) is 48.5 Å². The molecule has 2 aliphatic rings. The number of benzene rings is 2. The van der Waals surface area contributed by atoms with Gasteiger partial charge in [0.1, 0.15) is 6.61 Å². The van der Waals surface area contributed by atoms with Gasteiger partial charge < -0.3 is 19.7 Å². The average Bonchev–Trinajstić information content (AvgIpc) is 3.43. The molecule has 2 fully saturated rings. The van der Waals surface area contributed by atoms with E-state index in [-0.39, 0.29) is 30.4 Å². The minimum absolute atomic E-state index is 0.0159. The van der Waals surface area contributed by atoms with Crippen LogP contribution in [0.25, 0.3) is 0 Å². The van der Waals surface area contributed by atoms with Crippen LogP contribution in [-0.4, -0.2) is 60.4 Å². The van der Waals surface area contributed by atoms with Crippen LogP contribution in [0.15, 0.2) is 48.5 Å². The highest BCUT2D eigenvalue weighted by atomic mass is 16.5. The van der Waals surface area contributed by atoms with Crippen molar-refractivity contribution in [1.29, 1.82) is 0 Å². The molecule has 0 spiro atoms. The molecule has 2 aliphatic heterocycles. The summed E-state index contributed by atoms with van der Waals surface area (Å²) in [7, 11) is 1.60. The molecule has 0 bridgehead atoms. The lowest BCUT2D eigenvalue weighted by Crippen LogP contribution is -2.42. The SMILES string of the molecule is COc1ccc(CCC(=O)N2CC[C@H](N3C(=O)CNC3=O)C2)cc1OCc1ccccc1. The zero-order valence-electron chi connectivity index (χ0n) is 18.1. The monoisotopic (exact) mass is 437 g/mol. The second-order valence-electron chi connectivity index (χ2n) is 7.96. The highest BCUT2D eigenvalue weighted by molar-refractivity contribution is 6.02. The Labute approximate surface area is 187 Å². The van der Waals surface area contributed by atoms with E-state index >= 15 is 0 Å². The topological polar surface area (TPSA) is 88.2 Å². The molecule has 0 radical (unpaired) electrons. The number of hydrogen-bond donors (Lipinski definition) is 1. The number of likely N-dealkylation sites (tertiary alicyclic amines) is 1. The number of methoxy groups -OCH3 is 1. The van der Waals surface area contributed by atoms with Gasteiger partial charge >= 0.3 is 6.03 Å². The Kier molecular flexibility index (Phi) is 6.58. The fraction of sp³-hybridized carbons (Fsp3) is 0.375. The molecular weight excluding hydrogens is 410 g/mol. The lowest BCUT2D eigenvalue weighted by atomic mass is 10.1. The van der Waals surface area contributed by atoms with Gasteiger partial charge in [0.15, 0.2) is 11.5 Å². The number of ether oxygens (including phenoxy) is 2. The highest BCUT2D eigenvalue weighted by Crippen LogP contribution is 2.29. The van der Waals surface area contributed by atoms with E-state index in [1.54, 1.807) is 12.0 Å². The fourth-order valence-electron chi connectivity index (χ4n) is 4.12. The molecule has 4 rings (SSSR count). The van der Waals surface area contributed by atoms with Crippen LogP contribution in [0.3, 0.4) is 0 Å². The zero-order valence-corrected chi connectivity index (χ0v) is 18.1. The van der Waals surface area contributed by atoms with Gasteiger partial charge in [0, 0.05) is 19.5 Å². The van der Waals surface area contributed by atoms with E-state index in [0.29, 0.717) is 50.5 Å². The number of imide groups is 1. The van der Waals surface area contributed by atoms with E-state index in [1.165, 1.54) is 4.90 Å². The second kappa shape index (κ2) is 9.72. The maximum atomic E-state index is 12.7. The number of nitrogens with one attached hydrogen (secondary N) is 1. The predicted octanol–water partition coefficient (Wildman–Crippen LogP) is 2.36. The summed E-state index contributed by atoms with van der Waals surface area (Å²) in [5.74, 6) is 1.07. The summed E-state index contributed by atoms with van der Waals surface area (Å²) in [6.07, 6.45) is 1.52. The normalized spacial score (nSPS) is 18.1. The largest absolute Gasteiger partial charge is 0.493 e. The van der Waals surface area contributed by atoms with Crippen molar-refractivity contribution >= 4 is 17.8 Å². The first-order valence-electron chi connectivity index (χ1n) is 10.8. The Morgan fingerprint density at radius 2 is 1.91 bits per heavy atom. The molecule has 2 saturated heterocycles. The number of nitrogens with zero attached hydrogens (tertiary/aromatic N) is 2. The quantitative estimate of drug-likeness (QED) is 0.641. The maximum Gasteiger partial charge on any atom is 0.324 e. The van der Waals surface area contributed by atoms with E-state index in [0.717, 1.165) is 11.1 Å². The molecule has 4 amide bonds. The second-order valence-corrected chi connectivity index (χ2v) is 7.96. The van der Waals surface area contributed by atoms with Crippen LogP contribution in [0.5, 0.6) is 11.5 Å². The molecule has 168 valence electrons. The third-order valence-electron chi connectivity index (χ3n) is 5.85. The van der Waals surface area contributed by atoms with Crippen LogP contribution in [0, 0.1) is 0 Å². The van der Waals surface area contributed by atoms with Crippen LogP contribution in [0.4, 0.5) is 4.79 Å². The van der Waals surface area contributed by atoms with E-state index in [4.69, 9.17) is 9.47 Å². The standard InChI is InChI=1S/C24H27N3O5/c1-31-20-9-7-17(13-21(20)32-16-18-5-3-2-4-6-18)8-10-22(28)26-12-11-19(15-26)27-23(29)14-25-24(27)30/h2-7,9,13,19H,8,10-12,14-16H2,1H3,(H,25,30)/t19-/m0/s1. The summed E-state index contributed by atoms with van der Waals surface area (Å²) in [4.78, 5) is 39.5. The van der Waals surface area contributed by atoms with Gasteiger partial charge in [0.2, 0.25) is 11.8 Å². The summed E-state index contributed by atoms with van der Waals surface area (Å²) in [6.45, 7) is 1.41. The summed E-state index contributed by atoms with van der Waals surface area (Å²) < 4.78 is 11.4. The van der Waals surface area contributed by atoms with E-state index in [2.05, 4.69) is 5.32 Å². The van der Waals surface area contributed by atoms with Crippen LogP contribution in [0.2, 0.25) is 0 Å². The van der Waals surface area contributed by atoms with Crippen molar-refractivity contribution < 1.29 is 23.9 Å². The van der Waals surface area contributed by atoms with Gasteiger partial charge in [-0.25, -0.2) is 4.79 Å². The lowest BCUT2D eigenvalue weighted by Gasteiger charge is -2.21. The molecule has 2 aromatic carbocycles. The molecule has 0 aliphatic carbocycles. The van der Waals surface area contributed by atoms with Crippen molar-refractivity contribution in [1.82, 2.24) is 15.1 Å². The molecule has 2 heterocycles. The lowest BCUT2D eigenvalue weighted by molar-refractivity contribution is -0.131. The van der Waals surface area contributed by atoms with Crippen LogP contribution in [0.1, 0.15) is 24.0 Å². The fourth-order valence-corrected chi connectivity index (χ4v) is 4.12. The smallest absolute Gasteiger partial charge is 0.324 e. The molecule has 0 unspecified atom stereocenters. The van der Waals surface area contributed by atoms with Crippen LogP contribution >= 0.6 is 0 Å². The van der Waals surface area contributed by atoms with Gasteiger partial charge in [-0.15, -0.1) is 0 Å².